The van der Waals surface area contributed by atoms with Crippen molar-refractivity contribution in [1.29, 1.82) is 0 Å². The minimum atomic E-state index is -0.826. The number of methoxy groups -OCH3 is 2. The van der Waals surface area contributed by atoms with Gasteiger partial charge in [-0.15, -0.1) is 0 Å². The molecule has 1 fully saturated rings. The molecule has 4 rings (SSSR count). The summed E-state index contributed by atoms with van der Waals surface area (Å²) < 4.78 is 16.8. The molecule has 0 aromatic heterocycles. The van der Waals surface area contributed by atoms with Crippen LogP contribution in [0.3, 0.4) is 0 Å². The Balaban J connectivity index is 1.89. The molecule has 1 saturated heterocycles. The second-order valence-electron chi connectivity index (χ2n) is 8.83. The summed E-state index contributed by atoms with van der Waals surface area (Å²) in [5.74, 6) is 0.0489. The summed E-state index contributed by atoms with van der Waals surface area (Å²) in [7, 11) is 6.82. The van der Waals surface area contributed by atoms with Crippen molar-refractivity contribution in [3.63, 3.8) is 0 Å². The zero-order valence-electron chi connectivity index (χ0n) is 20.1. The maximum absolute atomic E-state index is 13.3. The molecular formula is C26H30N2O6. The number of para-hydroxylation sites is 1. The van der Waals surface area contributed by atoms with Gasteiger partial charge in [0.05, 0.1) is 25.8 Å². The van der Waals surface area contributed by atoms with Gasteiger partial charge in [-0.2, -0.15) is 0 Å². The minimum Gasteiger partial charge on any atom is -0.507 e. The summed E-state index contributed by atoms with van der Waals surface area (Å²) in [6.45, 7) is 2.82. The van der Waals surface area contributed by atoms with Crippen molar-refractivity contribution in [2.75, 3.05) is 41.4 Å². The number of Topliss-reactive ketones (excluding diaryl/α,β-unsaturated/α-hetero) is 1. The number of carbonyl (C=O) groups is 2. The molecule has 2 aromatic rings. The number of rotatable bonds is 7. The molecule has 0 spiro atoms. The third kappa shape index (κ3) is 4.09. The monoisotopic (exact) mass is 466 g/mol. The Bertz CT molecular complexity index is 1160. The number of hydrogen-bond acceptors (Lipinski definition) is 7. The van der Waals surface area contributed by atoms with Crippen molar-refractivity contribution >= 4 is 17.4 Å². The summed E-state index contributed by atoms with van der Waals surface area (Å²) in [4.78, 5) is 29.9. The second kappa shape index (κ2) is 9.38. The van der Waals surface area contributed by atoms with Gasteiger partial charge in [0.1, 0.15) is 17.6 Å². The number of benzene rings is 2. The molecule has 0 aliphatic carbocycles. The number of ether oxygens (including phenoxy) is 3. The minimum absolute atomic E-state index is 0.0298. The van der Waals surface area contributed by atoms with Crippen LogP contribution in [0.15, 0.2) is 42.0 Å². The number of aliphatic hydroxyl groups excluding tert-OH is 1. The van der Waals surface area contributed by atoms with Crippen LogP contribution in [0.4, 0.5) is 0 Å². The highest BCUT2D eigenvalue weighted by atomic mass is 16.5. The molecule has 2 atom stereocenters. The summed E-state index contributed by atoms with van der Waals surface area (Å²) in [5, 5.41) is 11.4. The molecule has 34 heavy (non-hydrogen) atoms. The normalized spacial score (nSPS) is 21.1. The number of likely N-dealkylation sites (N-methyl/N-ethyl adjacent to an activating group) is 1. The Kier molecular flexibility index (Phi) is 6.52. The highest BCUT2D eigenvalue weighted by Gasteiger charge is 2.47. The fourth-order valence-corrected chi connectivity index (χ4v) is 4.59. The van der Waals surface area contributed by atoms with Crippen molar-refractivity contribution < 1.29 is 28.9 Å². The Morgan fingerprint density at radius 2 is 1.94 bits per heavy atom. The van der Waals surface area contributed by atoms with E-state index in [9.17, 15) is 14.7 Å². The van der Waals surface area contributed by atoms with Crippen LogP contribution in [0.5, 0.6) is 17.2 Å². The van der Waals surface area contributed by atoms with E-state index in [0.717, 1.165) is 11.3 Å². The van der Waals surface area contributed by atoms with Gasteiger partial charge in [-0.05, 0) is 50.8 Å². The van der Waals surface area contributed by atoms with E-state index < -0.39 is 17.7 Å². The number of amides is 1. The maximum Gasteiger partial charge on any atom is 0.295 e. The molecule has 8 heteroatoms. The van der Waals surface area contributed by atoms with Crippen molar-refractivity contribution in [1.82, 2.24) is 9.80 Å². The first-order valence-electron chi connectivity index (χ1n) is 11.2. The quantitative estimate of drug-likeness (QED) is 0.381. The van der Waals surface area contributed by atoms with Gasteiger partial charge in [-0.3, -0.25) is 9.59 Å². The number of fused-ring (bicyclic) bond motifs is 1. The van der Waals surface area contributed by atoms with E-state index in [0.29, 0.717) is 42.1 Å². The first-order valence-corrected chi connectivity index (χ1v) is 11.2. The molecule has 2 aliphatic heterocycles. The van der Waals surface area contributed by atoms with E-state index in [-0.39, 0.29) is 17.4 Å². The lowest BCUT2D eigenvalue weighted by atomic mass is 9.93. The van der Waals surface area contributed by atoms with E-state index in [1.54, 1.807) is 30.3 Å². The summed E-state index contributed by atoms with van der Waals surface area (Å²) in [6, 6.07) is 9.80. The molecule has 0 radical (unpaired) electrons. The Labute approximate surface area is 199 Å². The third-order valence-corrected chi connectivity index (χ3v) is 6.23. The number of nitrogens with zero attached hydrogens (tertiary/aromatic N) is 2. The van der Waals surface area contributed by atoms with Gasteiger partial charge >= 0.3 is 0 Å². The van der Waals surface area contributed by atoms with Gasteiger partial charge in [0, 0.05) is 30.6 Å². The van der Waals surface area contributed by atoms with E-state index in [2.05, 4.69) is 0 Å². The second-order valence-corrected chi connectivity index (χ2v) is 8.83. The van der Waals surface area contributed by atoms with Gasteiger partial charge in [-0.1, -0.05) is 12.1 Å². The molecular weight excluding hydrogens is 436 g/mol. The largest absolute Gasteiger partial charge is 0.507 e. The van der Waals surface area contributed by atoms with Gasteiger partial charge < -0.3 is 29.1 Å². The number of aliphatic hydroxyl groups is 1. The Hall–Kier alpha value is -3.52. The molecule has 8 nitrogen and oxygen atoms in total. The van der Waals surface area contributed by atoms with Crippen LogP contribution in [0.2, 0.25) is 0 Å². The van der Waals surface area contributed by atoms with Crippen LogP contribution in [0.1, 0.15) is 29.7 Å². The van der Waals surface area contributed by atoms with Crippen molar-refractivity contribution in [2.45, 2.75) is 25.5 Å². The highest BCUT2D eigenvalue weighted by Crippen LogP contribution is 2.45. The third-order valence-electron chi connectivity index (χ3n) is 6.23. The average Bonchev–Trinajstić information content (AvgIpc) is 3.31. The van der Waals surface area contributed by atoms with E-state index in [1.165, 1.54) is 19.1 Å². The van der Waals surface area contributed by atoms with E-state index in [1.807, 2.05) is 32.0 Å². The maximum atomic E-state index is 13.3. The van der Waals surface area contributed by atoms with Gasteiger partial charge in [-0.25, -0.2) is 0 Å². The molecule has 2 heterocycles. The molecule has 1 N–H and O–H groups in total. The number of hydrogen-bond donors (Lipinski definition) is 1. The fraction of sp³-hybridized carbons (Fsp3) is 0.385. The highest BCUT2D eigenvalue weighted by molar-refractivity contribution is 6.46. The van der Waals surface area contributed by atoms with Gasteiger partial charge in [0.2, 0.25) is 0 Å². The Morgan fingerprint density at radius 1 is 1.18 bits per heavy atom. The first kappa shape index (κ1) is 23.6. The van der Waals surface area contributed by atoms with Crippen molar-refractivity contribution in [2.24, 2.45) is 0 Å². The average molecular weight is 467 g/mol. The smallest absolute Gasteiger partial charge is 0.295 e. The van der Waals surface area contributed by atoms with Crippen LogP contribution >= 0.6 is 0 Å². The first-order chi connectivity index (χ1) is 16.3. The molecule has 2 unspecified atom stereocenters. The predicted molar refractivity (Wildman–Crippen MR) is 127 cm³/mol. The molecule has 2 aliphatic rings. The number of carbonyl (C=O) groups excluding carboxylic acids is 2. The molecule has 1 amide bonds. The zero-order valence-corrected chi connectivity index (χ0v) is 20.1. The molecule has 2 aromatic carbocycles. The zero-order chi connectivity index (χ0) is 24.6. The van der Waals surface area contributed by atoms with Crippen LogP contribution in [-0.4, -0.2) is 74.1 Å². The summed E-state index contributed by atoms with van der Waals surface area (Å²) in [5.41, 5.74) is 2.02. The SMILES string of the molecule is COc1cccc(C2C(=C(O)c3ccc4c(c3)CC(C)O4)C(=O)C(=O)N2CCN(C)C)c1OC. The fourth-order valence-electron chi connectivity index (χ4n) is 4.59. The van der Waals surface area contributed by atoms with E-state index in [4.69, 9.17) is 14.2 Å². The Morgan fingerprint density at radius 3 is 2.62 bits per heavy atom. The predicted octanol–water partition coefficient (Wildman–Crippen LogP) is 3.01. The van der Waals surface area contributed by atoms with Crippen LogP contribution in [-0.2, 0) is 16.0 Å². The lowest BCUT2D eigenvalue weighted by molar-refractivity contribution is -0.140. The number of ketones is 1. The molecule has 0 bridgehead atoms. The lowest BCUT2D eigenvalue weighted by Gasteiger charge is -2.28. The van der Waals surface area contributed by atoms with E-state index >= 15 is 0 Å². The van der Waals surface area contributed by atoms with Crippen LogP contribution < -0.4 is 14.2 Å². The molecule has 180 valence electrons. The van der Waals surface area contributed by atoms with Gasteiger partial charge in [0.25, 0.3) is 11.7 Å². The standard InChI is InChI=1S/C26H30N2O6/c1-15-13-17-14-16(9-10-19(17)34-15)23(29)21-22(18-7-6-8-20(32-4)25(18)33-5)28(12-11-27(2)3)26(31)24(21)30/h6-10,14-15,22,29H,11-13H2,1-5H3. The van der Waals surface area contributed by atoms with Crippen molar-refractivity contribution in [3.05, 3.63) is 58.7 Å². The number of likely N-dealkylation sites (tertiary alicyclic amines) is 1. The topological polar surface area (TPSA) is 88.5 Å². The summed E-state index contributed by atoms with van der Waals surface area (Å²) >= 11 is 0. The lowest BCUT2D eigenvalue weighted by Crippen LogP contribution is -2.35. The van der Waals surface area contributed by atoms with Crippen LogP contribution in [0.25, 0.3) is 5.76 Å². The van der Waals surface area contributed by atoms with Crippen molar-refractivity contribution in [3.8, 4) is 17.2 Å². The van der Waals surface area contributed by atoms with Crippen LogP contribution in [0, 0.1) is 0 Å². The molecule has 0 saturated carbocycles. The summed E-state index contributed by atoms with van der Waals surface area (Å²) in [6.07, 6.45) is 0.755. The van der Waals surface area contributed by atoms with Gasteiger partial charge in [0.15, 0.2) is 11.5 Å².